The molecule has 78 valence electrons. The van der Waals surface area contributed by atoms with Crippen molar-refractivity contribution in [1.29, 1.82) is 0 Å². The smallest absolute Gasteiger partial charge is 0.212 e. The van der Waals surface area contributed by atoms with Crippen molar-refractivity contribution in [2.24, 2.45) is 0 Å². The molecule has 0 spiro atoms. The standard InChI is InChI=1S/C12H7FN2O/c13-11-6-5-8(7-14-11)12-9-3-1-2-4-10(9)16-15-12/h1-7H. The number of nitrogens with zero attached hydrogens (tertiary/aromatic N) is 2. The maximum atomic E-state index is 12.7. The number of hydrogen-bond acceptors (Lipinski definition) is 3. The number of aromatic nitrogens is 2. The lowest BCUT2D eigenvalue weighted by Crippen LogP contribution is -1.83. The fraction of sp³-hybridized carbons (Fsp3) is 0. The zero-order valence-electron chi connectivity index (χ0n) is 8.22. The Hall–Kier alpha value is -2.23. The van der Waals surface area contributed by atoms with E-state index in [1.54, 1.807) is 6.07 Å². The van der Waals surface area contributed by atoms with Crippen LogP contribution in [0.15, 0.2) is 47.1 Å². The van der Waals surface area contributed by atoms with Crippen LogP contribution in [0.5, 0.6) is 0 Å². The Balaban J connectivity index is 2.22. The van der Waals surface area contributed by atoms with Crippen LogP contribution in [0, 0.1) is 5.95 Å². The van der Waals surface area contributed by atoms with Crippen molar-refractivity contribution in [1.82, 2.24) is 10.1 Å². The number of halogens is 1. The fourth-order valence-electron chi connectivity index (χ4n) is 1.61. The number of rotatable bonds is 1. The molecule has 0 bridgehead atoms. The molecule has 2 heterocycles. The highest BCUT2D eigenvalue weighted by Gasteiger charge is 2.09. The molecule has 0 aliphatic carbocycles. The summed E-state index contributed by atoms with van der Waals surface area (Å²) in [7, 11) is 0. The first kappa shape index (κ1) is 9.03. The Morgan fingerprint density at radius 1 is 1.06 bits per heavy atom. The second-order valence-corrected chi connectivity index (χ2v) is 3.40. The molecule has 0 atom stereocenters. The predicted octanol–water partition coefficient (Wildman–Crippen LogP) is 3.03. The van der Waals surface area contributed by atoms with Crippen LogP contribution in [-0.4, -0.2) is 10.1 Å². The highest BCUT2D eigenvalue weighted by atomic mass is 19.1. The quantitative estimate of drug-likeness (QED) is 0.584. The molecular weight excluding hydrogens is 207 g/mol. The van der Waals surface area contributed by atoms with E-state index in [0.717, 1.165) is 10.9 Å². The number of hydrogen-bond donors (Lipinski definition) is 0. The molecule has 0 saturated heterocycles. The van der Waals surface area contributed by atoms with E-state index < -0.39 is 5.95 Å². The summed E-state index contributed by atoms with van der Waals surface area (Å²) in [5.41, 5.74) is 2.14. The lowest BCUT2D eigenvalue weighted by molar-refractivity contribution is 0.459. The van der Waals surface area contributed by atoms with Crippen molar-refractivity contribution in [3.05, 3.63) is 48.5 Å². The van der Waals surface area contributed by atoms with Crippen molar-refractivity contribution in [3.8, 4) is 11.3 Å². The molecule has 0 fully saturated rings. The Labute approximate surface area is 90.5 Å². The lowest BCUT2D eigenvalue weighted by Gasteiger charge is -1.95. The summed E-state index contributed by atoms with van der Waals surface area (Å²) in [4.78, 5) is 3.59. The average molecular weight is 214 g/mol. The molecule has 4 heteroatoms. The highest BCUT2D eigenvalue weighted by molar-refractivity contribution is 5.91. The summed E-state index contributed by atoms with van der Waals surface area (Å²) in [5.74, 6) is -0.503. The third-order valence-electron chi connectivity index (χ3n) is 2.38. The van der Waals surface area contributed by atoms with Gasteiger partial charge in [0.15, 0.2) is 5.58 Å². The number of pyridine rings is 1. The maximum absolute atomic E-state index is 12.7. The van der Waals surface area contributed by atoms with Gasteiger partial charge in [0.2, 0.25) is 5.95 Å². The normalized spacial score (nSPS) is 10.8. The summed E-state index contributed by atoms with van der Waals surface area (Å²) in [6, 6.07) is 10.5. The highest BCUT2D eigenvalue weighted by Crippen LogP contribution is 2.26. The van der Waals surface area contributed by atoms with Gasteiger partial charge >= 0.3 is 0 Å². The molecule has 3 rings (SSSR count). The first-order chi connectivity index (χ1) is 7.84. The summed E-state index contributed by atoms with van der Waals surface area (Å²) in [6.45, 7) is 0. The minimum Gasteiger partial charge on any atom is -0.356 e. The number of para-hydroxylation sites is 1. The monoisotopic (exact) mass is 214 g/mol. The van der Waals surface area contributed by atoms with Gasteiger partial charge in [-0.15, -0.1) is 0 Å². The van der Waals surface area contributed by atoms with E-state index >= 15 is 0 Å². The summed E-state index contributed by atoms with van der Waals surface area (Å²) in [6.07, 6.45) is 1.44. The van der Waals surface area contributed by atoms with Gasteiger partial charge in [-0.1, -0.05) is 17.3 Å². The third kappa shape index (κ3) is 1.35. The molecule has 0 unspecified atom stereocenters. The van der Waals surface area contributed by atoms with Gasteiger partial charge in [0.05, 0.1) is 0 Å². The molecule has 16 heavy (non-hydrogen) atoms. The van der Waals surface area contributed by atoms with Gasteiger partial charge in [-0.3, -0.25) is 0 Å². The first-order valence-corrected chi connectivity index (χ1v) is 4.81. The van der Waals surface area contributed by atoms with E-state index in [1.807, 2.05) is 24.3 Å². The minimum atomic E-state index is -0.503. The molecule has 2 aromatic heterocycles. The largest absolute Gasteiger partial charge is 0.356 e. The predicted molar refractivity (Wildman–Crippen MR) is 57.2 cm³/mol. The molecule has 3 aromatic rings. The fourth-order valence-corrected chi connectivity index (χ4v) is 1.61. The Kier molecular flexibility index (Phi) is 1.93. The average Bonchev–Trinajstić information content (AvgIpc) is 2.74. The SMILES string of the molecule is Fc1ccc(-c2noc3ccccc23)cn1. The molecular formula is C12H7FN2O. The molecule has 0 N–H and O–H groups in total. The van der Waals surface area contributed by atoms with Crippen LogP contribution < -0.4 is 0 Å². The summed E-state index contributed by atoms with van der Waals surface area (Å²) >= 11 is 0. The first-order valence-electron chi connectivity index (χ1n) is 4.81. The van der Waals surface area contributed by atoms with Crippen molar-refractivity contribution in [3.63, 3.8) is 0 Å². The Bertz CT molecular complexity index is 631. The van der Waals surface area contributed by atoms with E-state index in [1.165, 1.54) is 12.3 Å². The lowest BCUT2D eigenvalue weighted by atomic mass is 10.1. The van der Waals surface area contributed by atoms with Crippen LogP contribution in [0.25, 0.3) is 22.2 Å². The van der Waals surface area contributed by atoms with Gasteiger partial charge < -0.3 is 4.52 Å². The van der Waals surface area contributed by atoms with Crippen LogP contribution in [0.4, 0.5) is 4.39 Å². The molecule has 0 saturated carbocycles. The van der Waals surface area contributed by atoms with Gasteiger partial charge in [-0.05, 0) is 24.3 Å². The van der Waals surface area contributed by atoms with E-state index in [9.17, 15) is 4.39 Å². The van der Waals surface area contributed by atoms with Gasteiger partial charge in [0.25, 0.3) is 0 Å². The molecule has 0 radical (unpaired) electrons. The van der Waals surface area contributed by atoms with Gasteiger partial charge in [0, 0.05) is 17.1 Å². The molecule has 0 aliphatic rings. The van der Waals surface area contributed by atoms with Gasteiger partial charge in [-0.25, -0.2) is 4.98 Å². The van der Waals surface area contributed by atoms with Crippen LogP contribution in [0.2, 0.25) is 0 Å². The van der Waals surface area contributed by atoms with Crippen LogP contribution in [0.1, 0.15) is 0 Å². The van der Waals surface area contributed by atoms with Gasteiger partial charge in [0.1, 0.15) is 5.69 Å². The van der Waals surface area contributed by atoms with E-state index in [4.69, 9.17) is 4.52 Å². The Morgan fingerprint density at radius 2 is 1.94 bits per heavy atom. The molecule has 1 aromatic carbocycles. The van der Waals surface area contributed by atoms with Crippen LogP contribution in [0.3, 0.4) is 0 Å². The molecule has 0 aliphatic heterocycles. The van der Waals surface area contributed by atoms with E-state index in [2.05, 4.69) is 10.1 Å². The van der Waals surface area contributed by atoms with Crippen LogP contribution >= 0.6 is 0 Å². The van der Waals surface area contributed by atoms with Crippen LogP contribution in [-0.2, 0) is 0 Å². The van der Waals surface area contributed by atoms with Gasteiger partial charge in [-0.2, -0.15) is 4.39 Å². The number of fused-ring (bicyclic) bond motifs is 1. The maximum Gasteiger partial charge on any atom is 0.212 e. The number of benzene rings is 1. The minimum absolute atomic E-state index is 0.503. The second-order valence-electron chi connectivity index (χ2n) is 3.40. The molecule has 0 amide bonds. The van der Waals surface area contributed by atoms with E-state index in [0.29, 0.717) is 11.3 Å². The Morgan fingerprint density at radius 3 is 2.75 bits per heavy atom. The summed E-state index contributed by atoms with van der Waals surface area (Å²) < 4.78 is 17.8. The zero-order valence-corrected chi connectivity index (χ0v) is 8.22. The second kappa shape index (κ2) is 3.41. The molecule has 3 nitrogen and oxygen atoms in total. The summed E-state index contributed by atoms with van der Waals surface area (Å²) in [5, 5.41) is 4.86. The topological polar surface area (TPSA) is 38.9 Å². The zero-order chi connectivity index (χ0) is 11.0. The van der Waals surface area contributed by atoms with Crippen molar-refractivity contribution in [2.75, 3.05) is 0 Å². The van der Waals surface area contributed by atoms with Crippen molar-refractivity contribution >= 4 is 11.0 Å². The van der Waals surface area contributed by atoms with E-state index in [-0.39, 0.29) is 0 Å². The van der Waals surface area contributed by atoms with Crippen molar-refractivity contribution < 1.29 is 8.91 Å². The van der Waals surface area contributed by atoms with Crippen molar-refractivity contribution in [2.45, 2.75) is 0 Å². The third-order valence-corrected chi connectivity index (χ3v) is 2.38.